The third-order valence-corrected chi connectivity index (χ3v) is 3.64. The van der Waals surface area contributed by atoms with E-state index in [1.54, 1.807) is 6.07 Å². The Morgan fingerprint density at radius 2 is 1.73 bits per heavy atom. The van der Waals surface area contributed by atoms with Crippen LogP contribution in [0.15, 0.2) is 60.7 Å². The van der Waals surface area contributed by atoms with E-state index in [9.17, 15) is 24.5 Å². The molecule has 0 N–H and O–H groups in total. The Balaban J connectivity index is 1.72. The quantitative estimate of drug-likeness (QED) is 0.354. The lowest BCUT2D eigenvalue weighted by Crippen LogP contribution is -2.29. The fourth-order valence-electron chi connectivity index (χ4n) is 2.42. The van der Waals surface area contributed by atoms with Crippen molar-refractivity contribution in [3.8, 4) is 0 Å². The van der Waals surface area contributed by atoms with Gasteiger partial charge >= 0.3 is 5.97 Å². The number of anilines is 1. The highest BCUT2D eigenvalue weighted by atomic mass is 16.6. The summed E-state index contributed by atoms with van der Waals surface area (Å²) < 4.78 is 5.15. The fourth-order valence-corrected chi connectivity index (χ4v) is 2.42. The molecule has 0 atom stereocenters. The standard InChI is InChI=1S/C18H12N2O6/c21-16-7-8-17(22)19(16)14-5-2-4-13(10-14)18(23)26-11-12-3-1-6-15(9-12)20(24)25/h1-10H,11H2. The second-order valence-electron chi connectivity index (χ2n) is 5.40. The third kappa shape index (κ3) is 3.48. The lowest BCUT2D eigenvalue weighted by Gasteiger charge is -2.14. The number of nitro groups is 1. The van der Waals surface area contributed by atoms with Crippen LogP contribution in [-0.2, 0) is 20.9 Å². The predicted octanol–water partition coefficient (Wildman–Crippen LogP) is 2.38. The first-order valence-corrected chi connectivity index (χ1v) is 7.52. The summed E-state index contributed by atoms with van der Waals surface area (Å²) in [5.41, 5.74) is 0.784. The minimum atomic E-state index is -0.676. The summed E-state index contributed by atoms with van der Waals surface area (Å²) >= 11 is 0. The maximum Gasteiger partial charge on any atom is 0.338 e. The van der Waals surface area contributed by atoms with Gasteiger partial charge in [-0.3, -0.25) is 19.7 Å². The molecule has 1 heterocycles. The van der Waals surface area contributed by atoms with Crippen LogP contribution < -0.4 is 4.90 Å². The topological polar surface area (TPSA) is 107 Å². The van der Waals surface area contributed by atoms with Crippen molar-refractivity contribution < 1.29 is 24.0 Å². The van der Waals surface area contributed by atoms with Crippen molar-refractivity contribution in [2.45, 2.75) is 6.61 Å². The van der Waals surface area contributed by atoms with Crippen molar-refractivity contribution >= 4 is 29.2 Å². The van der Waals surface area contributed by atoms with Gasteiger partial charge in [0.1, 0.15) is 6.61 Å². The van der Waals surface area contributed by atoms with Crippen LogP contribution >= 0.6 is 0 Å². The van der Waals surface area contributed by atoms with Crippen molar-refractivity contribution in [3.63, 3.8) is 0 Å². The van der Waals surface area contributed by atoms with Gasteiger partial charge in [-0.1, -0.05) is 18.2 Å². The first kappa shape index (κ1) is 17.0. The number of non-ortho nitro benzene ring substituents is 1. The van der Waals surface area contributed by atoms with E-state index in [0.717, 1.165) is 17.1 Å². The molecule has 1 aliphatic heterocycles. The SMILES string of the molecule is O=C(OCc1cccc([N+](=O)[O-])c1)c1cccc(N2C(=O)C=CC2=O)c1. The van der Waals surface area contributed by atoms with E-state index in [1.807, 2.05) is 0 Å². The van der Waals surface area contributed by atoms with Crippen LogP contribution in [0.2, 0.25) is 0 Å². The van der Waals surface area contributed by atoms with Gasteiger partial charge in [0.15, 0.2) is 0 Å². The fraction of sp³-hybridized carbons (Fsp3) is 0.0556. The Hall–Kier alpha value is -3.81. The van der Waals surface area contributed by atoms with Crippen LogP contribution in [0.1, 0.15) is 15.9 Å². The number of nitrogens with zero attached hydrogens (tertiary/aromatic N) is 2. The van der Waals surface area contributed by atoms with E-state index < -0.39 is 22.7 Å². The van der Waals surface area contributed by atoms with Crippen LogP contribution in [0, 0.1) is 10.1 Å². The number of hydrogen-bond donors (Lipinski definition) is 0. The number of carbonyl (C=O) groups excluding carboxylic acids is 3. The number of carbonyl (C=O) groups is 3. The number of amides is 2. The molecule has 2 amide bonds. The zero-order chi connectivity index (χ0) is 18.7. The number of imide groups is 1. The Morgan fingerprint density at radius 3 is 2.42 bits per heavy atom. The summed E-state index contributed by atoms with van der Waals surface area (Å²) in [6, 6.07) is 11.7. The highest BCUT2D eigenvalue weighted by molar-refractivity contribution is 6.28. The van der Waals surface area contributed by atoms with Gasteiger partial charge in [0.25, 0.3) is 17.5 Å². The highest BCUT2D eigenvalue weighted by Gasteiger charge is 2.25. The second-order valence-corrected chi connectivity index (χ2v) is 5.40. The molecule has 130 valence electrons. The molecule has 3 rings (SSSR count). The van der Waals surface area contributed by atoms with E-state index in [1.165, 1.54) is 42.5 Å². The molecule has 0 saturated heterocycles. The summed E-state index contributed by atoms with van der Waals surface area (Å²) in [6.45, 7) is -0.145. The molecule has 8 heteroatoms. The molecule has 1 aliphatic rings. The smallest absolute Gasteiger partial charge is 0.338 e. The Bertz CT molecular complexity index is 932. The number of nitro benzene ring substituents is 1. The maximum atomic E-state index is 12.2. The summed E-state index contributed by atoms with van der Waals surface area (Å²) in [4.78, 5) is 46.8. The van der Waals surface area contributed by atoms with E-state index in [2.05, 4.69) is 0 Å². The van der Waals surface area contributed by atoms with Gasteiger partial charge in [-0.25, -0.2) is 9.69 Å². The number of rotatable bonds is 5. The van der Waals surface area contributed by atoms with E-state index in [-0.39, 0.29) is 23.5 Å². The summed E-state index contributed by atoms with van der Waals surface area (Å²) in [5, 5.41) is 10.8. The molecule has 0 aliphatic carbocycles. The van der Waals surface area contributed by atoms with E-state index in [4.69, 9.17) is 4.74 Å². The highest BCUT2D eigenvalue weighted by Crippen LogP contribution is 2.21. The molecule has 0 bridgehead atoms. The molecule has 26 heavy (non-hydrogen) atoms. The van der Waals surface area contributed by atoms with Gasteiger partial charge in [0.05, 0.1) is 16.2 Å². The van der Waals surface area contributed by atoms with Crippen LogP contribution in [0.5, 0.6) is 0 Å². The van der Waals surface area contributed by atoms with Gasteiger partial charge in [0, 0.05) is 24.3 Å². The molecule has 0 saturated carbocycles. The second kappa shape index (κ2) is 6.98. The Labute approximate surface area is 147 Å². The summed E-state index contributed by atoms with van der Waals surface area (Å²) in [5.74, 6) is -1.65. The van der Waals surface area contributed by atoms with Crippen LogP contribution in [0.4, 0.5) is 11.4 Å². The van der Waals surface area contributed by atoms with Gasteiger partial charge in [-0.15, -0.1) is 0 Å². The average molecular weight is 352 g/mol. The van der Waals surface area contributed by atoms with E-state index >= 15 is 0 Å². The molecule has 0 fully saturated rings. The summed E-state index contributed by atoms with van der Waals surface area (Å²) in [6.07, 6.45) is 2.30. The third-order valence-electron chi connectivity index (χ3n) is 3.64. The number of ether oxygens (including phenoxy) is 1. The Kier molecular flexibility index (Phi) is 4.57. The largest absolute Gasteiger partial charge is 0.457 e. The molecule has 0 spiro atoms. The summed E-state index contributed by atoms with van der Waals surface area (Å²) in [7, 11) is 0. The van der Waals surface area contributed by atoms with Crippen molar-refractivity contribution in [2.75, 3.05) is 4.90 Å². The van der Waals surface area contributed by atoms with Crippen LogP contribution in [0.3, 0.4) is 0 Å². The number of hydrogen-bond acceptors (Lipinski definition) is 6. The normalized spacial score (nSPS) is 13.2. The Morgan fingerprint density at radius 1 is 1.04 bits per heavy atom. The zero-order valence-electron chi connectivity index (χ0n) is 13.3. The zero-order valence-corrected chi connectivity index (χ0v) is 13.3. The first-order chi connectivity index (χ1) is 12.5. The molecule has 2 aromatic carbocycles. The monoisotopic (exact) mass is 352 g/mol. The van der Waals surface area contributed by atoms with Gasteiger partial charge < -0.3 is 4.74 Å². The lowest BCUT2D eigenvalue weighted by molar-refractivity contribution is -0.384. The molecule has 8 nitrogen and oxygen atoms in total. The molecular formula is C18H12N2O6. The van der Waals surface area contributed by atoms with Gasteiger partial charge in [-0.2, -0.15) is 0 Å². The van der Waals surface area contributed by atoms with Crippen molar-refractivity contribution in [3.05, 3.63) is 81.9 Å². The van der Waals surface area contributed by atoms with Crippen molar-refractivity contribution in [2.24, 2.45) is 0 Å². The lowest BCUT2D eigenvalue weighted by atomic mass is 10.2. The van der Waals surface area contributed by atoms with Crippen LogP contribution in [0.25, 0.3) is 0 Å². The molecule has 0 aromatic heterocycles. The van der Waals surface area contributed by atoms with E-state index in [0.29, 0.717) is 5.56 Å². The minimum Gasteiger partial charge on any atom is -0.457 e. The van der Waals surface area contributed by atoms with Gasteiger partial charge in [0.2, 0.25) is 0 Å². The minimum absolute atomic E-state index is 0.0981. The van der Waals surface area contributed by atoms with Crippen molar-refractivity contribution in [1.29, 1.82) is 0 Å². The average Bonchev–Trinajstić information content (AvgIpc) is 2.98. The van der Waals surface area contributed by atoms with Crippen LogP contribution in [-0.4, -0.2) is 22.7 Å². The van der Waals surface area contributed by atoms with Gasteiger partial charge in [-0.05, 0) is 23.8 Å². The maximum absolute atomic E-state index is 12.2. The first-order valence-electron chi connectivity index (χ1n) is 7.52. The molecule has 2 aromatic rings. The molecular weight excluding hydrogens is 340 g/mol. The predicted molar refractivity (Wildman–Crippen MR) is 90.3 cm³/mol. The number of esters is 1. The number of benzene rings is 2. The molecule has 0 unspecified atom stereocenters. The van der Waals surface area contributed by atoms with Crippen molar-refractivity contribution in [1.82, 2.24) is 0 Å². The molecule has 0 radical (unpaired) electrons.